The Morgan fingerprint density at radius 3 is 1.48 bits per heavy atom. The molecule has 0 amide bonds. The molecule has 42 heavy (non-hydrogen) atoms. The number of rotatable bonds is 11. The van der Waals surface area contributed by atoms with E-state index in [1.807, 2.05) is 48.5 Å². The highest BCUT2D eigenvalue weighted by molar-refractivity contribution is 8.13. The Labute approximate surface area is 250 Å². The van der Waals surface area contributed by atoms with Crippen LogP contribution in [0.2, 0.25) is 0 Å². The lowest BCUT2D eigenvalue weighted by Gasteiger charge is -2.21. The summed E-state index contributed by atoms with van der Waals surface area (Å²) in [5, 5.41) is 8.21. The number of aromatic nitrogens is 4. The Morgan fingerprint density at radius 1 is 0.714 bits per heavy atom. The van der Waals surface area contributed by atoms with E-state index in [-0.39, 0.29) is 23.1 Å². The fraction of sp³-hybridized carbons (Fsp3) is 0.357. The number of ether oxygens (including phenoxy) is 2. The van der Waals surface area contributed by atoms with Crippen molar-refractivity contribution < 1.29 is 26.3 Å². The molecule has 0 atom stereocenters. The molecule has 6 rings (SSSR count). The first-order valence-corrected chi connectivity index (χ1v) is 17.1. The predicted molar refractivity (Wildman–Crippen MR) is 156 cm³/mol. The van der Waals surface area contributed by atoms with Crippen LogP contribution in [-0.2, 0) is 32.2 Å². The summed E-state index contributed by atoms with van der Waals surface area (Å²) in [5.41, 5.74) is 1.74. The van der Waals surface area contributed by atoms with Gasteiger partial charge in [0.1, 0.15) is 11.5 Å². The second kappa shape index (κ2) is 12.5. The first-order chi connectivity index (χ1) is 20.1. The number of hydrogen-bond acceptors (Lipinski definition) is 8. The summed E-state index contributed by atoms with van der Waals surface area (Å²) in [5.74, 6) is 1.46. The largest absolute Gasteiger partial charge is 0.497 e. The van der Waals surface area contributed by atoms with Crippen molar-refractivity contribution in [2.75, 3.05) is 14.2 Å². The van der Waals surface area contributed by atoms with Gasteiger partial charge in [0.15, 0.2) is 10.1 Å². The maximum absolute atomic E-state index is 13.4. The summed E-state index contributed by atoms with van der Waals surface area (Å²) >= 11 is 0. The predicted octanol–water partition coefficient (Wildman–Crippen LogP) is 4.77. The lowest BCUT2D eigenvalue weighted by atomic mass is 10.2. The first kappa shape index (κ1) is 30.1. The fourth-order valence-electron chi connectivity index (χ4n) is 4.22. The zero-order valence-corrected chi connectivity index (χ0v) is 25.6. The van der Waals surface area contributed by atoms with Gasteiger partial charge in [0.05, 0.1) is 26.3 Å². The van der Waals surface area contributed by atoms with Crippen molar-refractivity contribution in [2.24, 2.45) is 0 Å². The van der Waals surface area contributed by atoms with Gasteiger partial charge >= 0.3 is 0 Å². The maximum atomic E-state index is 13.4. The van der Waals surface area contributed by atoms with Crippen LogP contribution in [0, 0.1) is 0 Å². The van der Waals surface area contributed by atoms with E-state index >= 15 is 0 Å². The van der Waals surface area contributed by atoms with Crippen LogP contribution in [0.15, 0.2) is 83.1 Å². The van der Waals surface area contributed by atoms with Crippen molar-refractivity contribution >= 4 is 29.8 Å². The molecule has 2 fully saturated rings. The molecule has 0 radical (unpaired) electrons. The van der Waals surface area contributed by atoms with Crippen molar-refractivity contribution in [1.82, 2.24) is 23.9 Å². The SMILES string of the molecule is COc1ccc(CN(Cc2ccc(OC)cc2)S(=O)(=O)c2ccn(C3CC3)n2)cc1.O=S(=O)(Cl)c1ccn(C2CC2)n1. The normalized spacial score (nSPS) is 15.2. The van der Waals surface area contributed by atoms with E-state index in [1.165, 1.54) is 10.4 Å². The quantitative estimate of drug-likeness (QED) is 0.216. The Kier molecular flexibility index (Phi) is 8.92. The number of sulfonamides is 1. The molecular formula is C28H32ClN5O6S2. The molecule has 0 N–H and O–H groups in total. The molecule has 224 valence electrons. The average molecular weight is 634 g/mol. The summed E-state index contributed by atoms with van der Waals surface area (Å²) < 4.78 is 63.7. The van der Waals surface area contributed by atoms with Crippen LogP contribution in [-0.4, -0.2) is 54.9 Å². The Hall–Kier alpha value is -3.39. The minimum Gasteiger partial charge on any atom is -0.497 e. The molecule has 2 aliphatic carbocycles. The van der Waals surface area contributed by atoms with Crippen molar-refractivity contribution in [3.63, 3.8) is 0 Å². The van der Waals surface area contributed by atoms with Crippen LogP contribution in [0.25, 0.3) is 0 Å². The Morgan fingerprint density at radius 2 is 1.12 bits per heavy atom. The summed E-state index contributed by atoms with van der Waals surface area (Å²) in [7, 11) is 0.877. The topological polar surface area (TPSA) is 126 Å². The summed E-state index contributed by atoms with van der Waals surface area (Å²) in [4.78, 5) is 0. The molecule has 0 aliphatic heterocycles. The smallest absolute Gasteiger partial charge is 0.280 e. The van der Waals surface area contributed by atoms with Gasteiger partial charge in [-0.15, -0.1) is 0 Å². The van der Waals surface area contributed by atoms with Gasteiger partial charge < -0.3 is 9.47 Å². The molecule has 0 spiro atoms. The zero-order valence-electron chi connectivity index (χ0n) is 23.2. The highest BCUT2D eigenvalue weighted by Crippen LogP contribution is 2.35. The van der Waals surface area contributed by atoms with Crippen molar-refractivity contribution in [3.05, 3.63) is 84.2 Å². The van der Waals surface area contributed by atoms with Crippen molar-refractivity contribution in [3.8, 4) is 11.5 Å². The lowest BCUT2D eigenvalue weighted by molar-refractivity contribution is 0.395. The molecule has 2 aliphatic rings. The van der Waals surface area contributed by atoms with Gasteiger partial charge in [-0.2, -0.15) is 14.5 Å². The molecule has 0 saturated heterocycles. The van der Waals surface area contributed by atoms with Gasteiger partial charge in [0, 0.05) is 36.2 Å². The first-order valence-electron chi connectivity index (χ1n) is 13.4. The molecular weight excluding hydrogens is 602 g/mol. The fourth-order valence-corrected chi connectivity index (χ4v) is 6.22. The summed E-state index contributed by atoms with van der Waals surface area (Å²) in [6.07, 6.45) is 7.63. The summed E-state index contributed by atoms with van der Waals surface area (Å²) in [6.45, 7) is 0.462. The van der Waals surface area contributed by atoms with Gasteiger partial charge in [-0.3, -0.25) is 9.36 Å². The van der Waals surface area contributed by atoms with E-state index in [4.69, 9.17) is 20.2 Å². The van der Waals surface area contributed by atoms with Crippen LogP contribution in [0.1, 0.15) is 48.9 Å². The monoisotopic (exact) mass is 633 g/mol. The minimum absolute atomic E-state index is 0.0592. The molecule has 2 aromatic carbocycles. The van der Waals surface area contributed by atoms with Crippen LogP contribution in [0.5, 0.6) is 11.5 Å². The molecule has 2 aromatic heterocycles. The molecule has 2 heterocycles. The zero-order chi connectivity index (χ0) is 29.9. The molecule has 0 bridgehead atoms. The Bertz CT molecular complexity index is 1660. The van der Waals surface area contributed by atoms with Crippen LogP contribution in [0.4, 0.5) is 0 Å². The number of nitrogens with zero attached hydrogens (tertiary/aromatic N) is 5. The molecule has 2 saturated carbocycles. The molecule has 4 aromatic rings. The van der Waals surface area contributed by atoms with E-state index in [0.717, 1.165) is 48.3 Å². The van der Waals surface area contributed by atoms with Gasteiger partial charge in [-0.1, -0.05) is 24.3 Å². The van der Waals surface area contributed by atoms with Gasteiger partial charge in [-0.25, -0.2) is 16.8 Å². The molecule has 11 nitrogen and oxygen atoms in total. The van der Waals surface area contributed by atoms with E-state index in [2.05, 4.69) is 10.2 Å². The molecule has 0 unspecified atom stereocenters. The second-order valence-electron chi connectivity index (χ2n) is 10.1. The van der Waals surface area contributed by atoms with Crippen LogP contribution < -0.4 is 9.47 Å². The van der Waals surface area contributed by atoms with E-state index in [9.17, 15) is 16.8 Å². The number of halogens is 1. The third-order valence-electron chi connectivity index (χ3n) is 6.90. The second-order valence-corrected chi connectivity index (χ2v) is 14.5. The van der Waals surface area contributed by atoms with E-state index in [0.29, 0.717) is 12.1 Å². The minimum atomic E-state index is -3.77. The average Bonchev–Trinajstić information content (AvgIpc) is 3.91. The highest BCUT2D eigenvalue weighted by Gasteiger charge is 2.31. The number of methoxy groups -OCH3 is 2. The highest BCUT2D eigenvalue weighted by atomic mass is 35.7. The van der Waals surface area contributed by atoms with E-state index < -0.39 is 19.1 Å². The summed E-state index contributed by atoms with van der Waals surface area (Å²) in [6, 6.07) is 18.5. The lowest BCUT2D eigenvalue weighted by Crippen LogP contribution is -2.30. The number of benzene rings is 2. The molecule has 14 heteroatoms. The van der Waals surface area contributed by atoms with Crippen molar-refractivity contribution in [2.45, 2.75) is 60.9 Å². The third kappa shape index (κ3) is 7.51. The van der Waals surface area contributed by atoms with Gasteiger partial charge in [-0.05, 0) is 73.2 Å². The third-order valence-corrected chi connectivity index (χ3v) is 9.78. The van der Waals surface area contributed by atoms with Crippen molar-refractivity contribution in [1.29, 1.82) is 0 Å². The van der Waals surface area contributed by atoms with E-state index in [1.54, 1.807) is 42.0 Å². The van der Waals surface area contributed by atoms with Gasteiger partial charge in [0.2, 0.25) is 0 Å². The standard InChI is InChI=1S/C22H25N3O4S.C6H7ClN2O2S/c1-28-20-9-3-17(4-10-20)15-24(16-18-5-11-21(29-2)12-6-18)30(26,27)22-13-14-25(23-22)19-7-8-19;7-12(10,11)6-3-4-9(8-6)5-1-2-5/h3-6,9-14,19H,7-8,15-16H2,1-2H3;3-5H,1-2H2. The van der Waals surface area contributed by atoms with Crippen LogP contribution >= 0.6 is 10.7 Å². The Balaban J connectivity index is 0.000000244. The maximum Gasteiger partial charge on any atom is 0.280 e. The van der Waals surface area contributed by atoms with Crippen LogP contribution in [0.3, 0.4) is 0 Å². The van der Waals surface area contributed by atoms with Gasteiger partial charge in [0.25, 0.3) is 19.1 Å². The number of hydrogen-bond donors (Lipinski definition) is 0.